The molecule has 0 aromatic heterocycles. The third-order valence-electron chi connectivity index (χ3n) is 0.338. The van der Waals surface area contributed by atoms with Gasteiger partial charge in [0.05, 0.1) is 12.3 Å². The lowest BCUT2D eigenvalue weighted by molar-refractivity contribution is 0.366. The van der Waals surface area contributed by atoms with Gasteiger partial charge in [0, 0.05) is 0 Å². The zero-order valence-electron chi connectivity index (χ0n) is 4.29. The summed E-state index contributed by atoms with van der Waals surface area (Å²) in [5.41, 5.74) is 0. The van der Waals surface area contributed by atoms with Gasteiger partial charge in [-0.25, -0.2) is 0 Å². The summed E-state index contributed by atoms with van der Waals surface area (Å²) < 4.78 is 24.0. The van der Waals surface area contributed by atoms with Crippen molar-refractivity contribution in [1.82, 2.24) is 0 Å². The minimum atomic E-state index is -3.41. The summed E-state index contributed by atoms with van der Waals surface area (Å²) in [5.74, 6) is 0. The van der Waals surface area contributed by atoms with Crippen LogP contribution in [0.4, 0.5) is 0 Å². The van der Waals surface area contributed by atoms with E-state index in [1.165, 1.54) is 6.07 Å². The Kier molecular flexibility index (Phi) is 2.45. The lowest BCUT2D eigenvalue weighted by Crippen LogP contribution is -2.01. The maximum absolute atomic E-state index is 10.0. The Labute approximate surface area is 47.8 Å². The zero-order valence-corrected chi connectivity index (χ0v) is 5.10. The number of nitriles is 1. The molecule has 0 amide bonds. The highest BCUT2D eigenvalue weighted by Crippen LogP contribution is 1.82. The van der Waals surface area contributed by atoms with Crippen LogP contribution in [0.15, 0.2) is 0 Å². The molecular weight excluding hydrogens is 130 g/mol. The topological polar surface area (TPSA) is 67.2 Å². The Morgan fingerprint density at radius 1 is 1.75 bits per heavy atom. The summed E-state index contributed by atoms with van der Waals surface area (Å²) in [5, 5.41) is 7.79. The summed E-state index contributed by atoms with van der Waals surface area (Å²) in [4.78, 5) is 0. The molecule has 4 nitrogen and oxygen atoms in total. The van der Waals surface area contributed by atoms with Gasteiger partial charge in [0.1, 0.15) is 0 Å². The van der Waals surface area contributed by atoms with Crippen LogP contribution in [0, 0.1) is 11.3 Å². The predicted molar refractivity (Wildman–Crippen MR) is 26.4 cm³/mol. The van der Waals surface area contributed by atoms with Gasteiger partial charge in [0.2, 0.25) is 0 Å². The molecule has 0 bridgehead atoms. The Hall–Kier alpha value is -0.600. The third kappa shape index (κ3) is 5.40. The highest BCUT2D eigenvalue weighted by molar-refractivity contribution is 7.85. The van der Waals surface area contributed by atoms with E-state index in [4.69, 9.17) is 5.26 Å². The third-order valence-corrected chi connectivity index (χ3v) is 0.884. The maximum atomic E-state index is 10.0. The molecule has 0 aliphatic carbocycles. The van der Waals surface area contributed by atoms with Gasteiger partial charge in [-0.1, -0.05) is 0 Å². The summed E-state index contributed by atoms with van der Waals surface area (Å²) >= 11 is 0. The van der Waals surface area contributed by atoms with E-state index in [0.29, 0.717) is 0 Å². The molecule has 0 heterocycles. The van der Waals surface area contributed by atoms with Crippen molar-refractivity contribution in [3.8, 4) is 6.07 Å². The second-order valence-electron chi connectivity index (χ2n) is 1.12. The van der Waals surface area contributed by atoms with Crippen LogP contribution in [-0.4, -0.2) is 21.3 Å². The molecule has 0 N–H and O–H groups in total. The lowest BCUT2D eigenvalue weighted by Gasteiger charge is -1.89. The summed E-state index contributed by atoms with van der Waals surface area (Å²) in [6.45, 7) is -0.404. The number of nitrogens with zero attached hydrogens (tertiary/aromatic N) is 1. The van der Waals surface area contributed by atoms with E-state index in [-0.39, 0.29) is 0 Å². The first kappa shape index (κ1) is 7.40. The van der Waals surface area contributed by atoms with Gasteiger partial charge < -0.3 is 0 Å². The first-order chi connectivity index (χ1) is 3.56. The molecule has 5 heteroatoms. The molecule has 0 saturated heterocycles. The number of rotatable bonds is 2. The molecule has 0 atom stereocenters. The Morgan fingerprint density at radius 2 is 2.25 bits per heavy atom. The fourth-order valence-corrected chi connectivity index (χ4v) is 0.400. The molecule has 0 aliphatic rings. The standard InChI is InChI=1S/C3H5NO3S/c1-8(5,6)7-3-2-4/h3H2,1H3. The Bertz CT molecular complexity index is 187. The summed E-state index contributed by atoms with van der Waals surface area (Å²) in [6, 6.07) is 1.52. The van der Waals surface area contributed by atoms with Crippen LogP contribution >= 0.6 is 0 Å². The summed E-state index contributed by atoms with van der Waals surface area (Å²) in [6.07, 6.45) is 0.893. The molecule has 0 saturated carbocycles. The molecule has 46 valence electrons. The number of hydrogen-bond acceptors (Lipinski definition) is 4. The molecule has 0 fully saturated rings. The highest BCUT2D eigenvalue weighted by Gasteiger charge is 1.97. The van der Waals surface area contributed by atoms with E-state index in [1.807, 2.05) is 0 Å². The van der Waals surface area contributed by atoms with Gasteiger partial charge in [-0.2, -0.15) is 13.7 Å². The van der Waals surface area contributed by atoms with Crippen molar-refractivity contribution >= 4 is 10.1 Å². The van der Waals surface area contributed by atoms with Crippen molar-refractivity contribution < 1.29 is 12.6 Å². The lowest BCUT2D eigenvalue weighted by atomic mass is 10.9. The molecule has 0 spiro atoms. The van der Waals surface area contributed by atoms with Crippen LogP contribution in [0.3, 0.4) is 0 Å². The first-order valence-electron chi connectivity index (χ1n) is 1.77. The van der Waals surface area contributed by atoms with Crippen LogP contribution in [0.5, 0.6) is 0 Å². The molecule has 0 rings (SSSR count). The Balaban J connectivity index is 3.63. The van der Waals surface area contributed by atoms with Crippen molar-refractivity contribution in [2.75, 3.05) is 12.9 Å². The summed E-state index contributed by atoms with van der Waals surface area (Å²) in [7, 11) is -3.41. The van der Waals surface area contributed by atoms with Crippen LogP contribution in [-0.2, 0) is 14.3 Å². The highest BCUT2D eigenvalue weighted by atomic mass is 32.2. The molecule has 0 aromatic rings. The minimum absolute atomic E-state index is 0.404. The van der Waals surface area contributed by atoms with Crippen molar-refractivity contribution in [1.29, 1.82) is 5.26 Å². The van der Waals surface area contributed by atoms with Crippen LogP contribution in [0.1, 0.15) is 0 Å². The Morgan fingerprint density at radius 3 is 2.38 bits per heavy atom. The molecular formula is C3H5NO3S. The molecule has 0 aromatic carbocycles. The van der Waals surface area contributed by atoms with E-state index in [0.717, 1.165) is 6.26 Å². The van der Waals surface area contributed by atoms with Crippen molar-refractivity contribution in [3.05, 3.63) is 0 Å². The van der Waals surface area contributed by atoms with Crippen molar-refractivity contribution in [2.45, 2.75) is 0 Å². The van der Waals surface area contributed by atoms with E-state index in [9.17, 15) is 8.42 Å². The average molecular weight is 135 g/mol. The largest absolute Gasteiger partial charge is 0.265 e. The first-order valence-corrected chi connectivity index (χ1v) is 3.59. The predicted octanol–water partition coefficient (Wildman–Crippen LogP) is -0.514. The van der Waals surface area contributed by atoms with Gasteiger partial charge >= 0.3 is 0 Å². The monoisotopic (exact) mass is 135 g/mol. The minimum Gasteiger partial charge on any atom is -0.255 e. The van der Waals surface area contributed by atoms with Gasteiger partial charge in [-0.3, -0.25) is 4.18 Å². The fraction of sp³-hybridized carbons (Fsp3) is 0.667. The number of hydrogen-bond donors (Lipinski definition) is 0. The second kappa shape index (κ2) is 2.64. The van der Waals surface area contributed by atoms with Gasteiger partial charge in [0.25, 0.3) is 10.1 Å². The molecule has 8 heavy (non-hydrogen) atoms. The molecule has 0 radical (unpaired) electrons. The normalized spacial score (nSPS) is 10.5. The van der Waals surface area contributed by atoms with E-state index >= 15 is 0 Å². The second-order valence-corrected chi connectivity index (χ2v) is 2.77. The van der Waals surface area contributed by atoms with Crippen LogP contribution < -0.4 is 0 Å². The van der Waals surface area contributed by atoms with Crippen LogP contribution in [0.25, 0.3) is 0 Å². The van der Waals surface area contributed by atoms with E-state index < -0.39 is 16.7 Å². The van der Waals surface area contributed by atoms with Gasteiger partial charge in [-0.05, 0) is 0 Å². The van der Waals surface area contributed by atoms with Gasteiger partial charge in [-0.15, -0.1) is 0 Å². The van der Waals surface area contributed by atoms with E-state index in [2.05, 4.69) is 4.18 Å². The fourth-order valence-electron chi connectivity index (χ4n) is 0.133. The van der Waals surface area contributed by atoms with Gasteiger partial charge in [0.15, 0.2) is 6.61 Å². The zero-order chi connectivity index (χ0) is 6.62. The van der Waals surface area contributed by atoms with Crippen molar-refractivity contribution in [2.24, 2.45) is 0 Å². The van der Waals surface area contributed by atoms with E-state index in [1.54, 1.807) is 0 Å². The SMILES string of the molecule is CS(=O)(=O)OCC#N. The van der Waals surface area contributed by atoms with Crippen LogP contribution in [0.2, 0.25) is 0 Å². The maximum Gasteiger partial charge on any atom is 0.265 e. The smallest absolute Gasteiger partial charge is 0.255 e. The molecule has 0 unspecified atom stereocenters. The van der Waals surface area contributed by atoms with Crippen molar-refractivity contribution in [3.63, 3.8) is 0 Å². The quantitative estimate of drug-likeness (QED) is 0.478. The average Bonchev–Trinajstić information content (AvgIpc) is 1.59. The molecule has 0 aliphatic heterocycles.